The molecule has 7 heteroatoms. The zero-order chi connectivity index (χ0) is 16.0. The van der Waals surface area contributed by atoms with E-state index in [1.807, 2.05) is 20.8 Å². The third-order valence-electron chi connectivity index (χ3n) is 4.23. The van der Waals surface area contributed by atoms with Gasteiger partial charge in [0.1, 0.15) is 5.69 Å². The number of aromatic nitrogens is 2. The Balaban J connectivity index is 3.05. The fourth-order valence-electron chi connectivity index (χ4n) is 2.41. The minimum Gasteiger partial charge on any atom is -0.396 e. The van der Waals surface area contributed by atoms with Crippen LogP contribution in [0.2, 0.25) is 0 Å². The van der Waals surface area contributed by atoms with E-state index in [0.717, 1.165) is 19.3 Å². The van der Waals surface area contributed by atoms with Crippen molar-refractivity contribution in [2.75, 3.05) is 18.5 Å². The third-order valence-corrected chi connectivity index (χ3v) is 4.23. The van der Waals surface area contributed by atoms with Gasteiger partial charge in [0.25, 0.3) is 0 Å². The summed E-state index contributed by atoms with van der Waals surface area (Å²) in [4.78, 5) is 11.0. The van der Waals surface area contributed by atoms with Crippen LogP contribution in [0.25, 0.3) is 0 Å². The van der Waals surface area contributed by atoms with E-state index in [2.05, 4.69) is 10.4 Å². The van der Waals surface area contributed by atoms with Crippen LogP contribution in [-0.4, -0.2) is 33.0 Å². The molecule has 0 radical (unpaired) electrons. The van der Waals surface area contributed by atoms with Gasteiger partial charge in [0.15, 0.2) is 0 Å². The molecule has 0 aromatic carbocycles. The van der Waals surface area contributed by atoms with Crippen LogP contribution in [-0.2, 0) is 13.5 Å². The number of aryl methyl sites for hydroxylation is 2. The van der Waals surface area contributed by atoms with E-state index in [1.165, 1.54) is 4.68 Å². The van der Waals surface area contributed by atoms with Gasteiger partial charge in [0.05, 0.1) is 11.5 Å². The predicted molar refractivity (Wildman–Crippen MR) is 82.4 cm³/mol. The number of aliphatic hydroxyl groups is 1. The van der Waals surface area contributed by atoms with Crippen molar-refractivity contribution in [1.82, 2.24) is 9.78 Å². The van der Waals surface area contributed by atoms with Gasteiger partial charge in [-0.2, -0.15) is 5.10 Å². The SMILES string of the molecule is CCCc1nn(C)c(NCC(CC)(CC)CO)c1[N+](=O)[O-]. The lowest BCUT2D eigenvalue weighted by atomic mass is 9.83. The van der Waals surface area contributed by atoms with E-state index in [0.29, 0.717) is 24.5 Å². The number of nitrogens with zero attached hydrogens (tertiary/aromatic N) is 3. The molecule has 0 fully saturated rings. The van der Waals surface area contributed by atoms with Gasteiger partial charge < -0.3 is 10.4 Å². The molecule has 0 aliphatic rings. The minimum atomic E-state index is -0.376. The molecule has 120 valence electrons. The molecule has 0 atom stereocenters. The lowest BCUT2D eigenvalue weighted by molar-refractivity contribution is -0.384. The summed E-state index contributed by atoms with van der Waals surface area (Å²) in [5, 5.41) is 28.3. The second kappa shape index (κ2) is 7.40. The molecular weight excluding hydrogens is 272 g/mol. The summed E-state index contributed by atoms with van der Waals surface area (Å²) in [5.74, 6) is 0.420. The maximum Gasteiger partial charge on any atom is 0.333 e. The van der Waals surface area contributed by atoms with E-state index in [1.54, 1.807) is 7.05 Å². The molecule has 1 aromatic rings. The lowest BCUT2D eigenvalue weighted by Crippen LogP contribution is -2.32. The quantitative estimate of drug-likeness (QED) is 0.539. The minimum absolute atomic E-state index is 0.0541. The summed E-state index contributed by atoms with van der Waals surface area (Å²) < 4.78 is 1.52. The lowest BCUT2D eigenvalue weighted by Gasteiger charge is -2.29. The summed E-state index contributed by atoms with van der Waals surface area (Å²) in [6.07, 6.45) is 3.00. The van der Waals surface area contributed by atoms with Gasteiger partial charge >= 0.3 is 5.69 Å². The van der Waals surface area contributed by atoms with Crippen LogP contribution < -0.4 is 5.32 Å². The van der Waals surface area contributed by atoms with Crippen LogP contribution in [0.15, 0.2) is 0 Å². The van der Waals surface area contributed by atoms with Gasteiger partial charge in [-0.1, -0.05) is 27.2 Å². The molecule has 0 aliphatic heterocycles. The Morgan fingerprint density at radius 2 is 2.00 bits per heavy atom. The first-order chi connectivity index (χ1) is 9.94. The molecule has 2 N–H and O–H groups in total. The molecule has 0 saturated heterocycles. The zero-order valence-corrected chi connectivity index (χ0v) is 13.3. The van der Waals surface area contributed by atoms with E-state index >= 15 is 0 Å². The number of aliphatic hydroxyl groups excluding tert-OH is 1. The van der Waals surface area contributed by atoms with E-state index in [9.17, 15) is 15.2 Å². The average Bonchev–Trinajstić information content (AvgIpc) is 2.77. The first-order valence-corrected chi connectivity index (χ1v) is 7.49. The van der Waals surface area contributed by atoms with Gasteiger partial charge in [-0.25, -0.2) is 4.68 Å². The van der Waals surface area contributed by atoms with Crippen LogP contribution >= 0.6 is 0 Å². The third kappa shape index (κ3) is 3.72. The Labute approximate surface area is 125 Å². The normalized spacial score (nSPS) is 11.7. The first-order valence-electron chi connectivity index (χ1n) is 7.49. The molecule has 7 nitrogen and oxygen atoms in total. The van der Waals surface area contributed by atoms with Crippen molar-refractivity contribution in [3.63, 3.8) is 0 Å². The number of nitro groups is 1. The van der Waals surface area contributed by atoms with Crippen molar-refractivity contribution in [2.24, 2.45) is 12.5 Å². The van der Waals surface area contributed by atoms with Crippen molar-refractivity contribution < 1.29 is 10.0 Å². The fraction of sp³-hybridized carbons (Fsp3) is 0.786. The number of hydrogen-bond acceptors (Lipinski definition) is 5. The van der Waals surface area contributed by atoms with Crippen molar-refractivity contribution >= 4 is 11.5 Å². The number of nitrogens with one attached hydrogen (secondary N) is 1. The predicted octanol–water partition coefficient (Wildman–Crippen LogP) is 2.49. The molecule has 1 aromatic heterocycles. The van der Waals surface area contributed by atoms with Crippen molar-refractivity contribution in [3.8, 4) is 0 Å². The zero-order valence-electron chi connectivity index (χ0n) is 13.3. The van der Waals surface area contributed by atoms with E-state index in [-0.39, 0.29) is 22.6 Å². The highest BCUT2D eigenvalue weighted by Gasteiger charge is 2.30. The van der Waals surface area contributed by atoms with Crippen molar-refractivity contribution in [2.45, 2.75) is 46.5 Å². The van der Waals surface area contributed by atoms with Crippen LogP contribution in [0.3, 0.4) is 0 Å². The Morgan fingerprint density at radius 3 is 2.43 bits per heavy atom. The molecule has 0 unspecified atom stereocenters. The van der Waals surface area contributed by atoms with Gasteiger partial charge in [-0.15, -0.1) is 0 Å². The molecule has 1 heterocycles. The maximum atomic E-state index is 11.3. The standard InChI is InChI=1S/C14H26N4O3/c1-5-8-11-12(18(20)21)13(17(4)16-11)15-9-14(6-2,7-3)10-19/h15,19H,5-10H2,1-4H3. The van der Waals surface area contributed by atoms with Crippen molar-refractivity contribution in [3.05, 3.63) is 15.8 Å². The largest absolute Gasteiger partial charge is 0.396 e. The molecule has 1 rings (SSSR count). The summed E-state index contributed by atoms with van der Waals surface area (Å²) in [6.45, 7) is 6.54. The molecule has 0 spiro atoms. The van der Waals surface area contributed by atoms with Crippen molar-refractivity contribution in [1.29, 1.82) is 0 Å². The van der Waals surface area contributed by atoms with Crippen LogP contribution in [0.4, 0.5) is 11.5 Å². The van der Waals surface area contributed by atoms with Gasteiger partial charge in [0.2, 0.25) is 5.82 Å². The van der Waals surface area contributed by atoms with Gasteiger partial charge in [-0.3, -0.25) is 10.1 Å². The molecule has 0 saturated carbocycles. The van der Waals surface area contributed by atoms with Crippen LogP contribution in [0, 0.1) is 15.5 Å². The highest BCUT2D eigenvalue weighted by atomic mass is 16.6. The summed E-state index contributed by atoms with van der Waals surface area (Å²) in [5.41, 5.74) is 0.303. The number of anilines is 1. The first kappa shape index (κ1) is 17.4. The van der Waals surface area contributed by atoms with Gasteiger partial charge in [0, 0.05) is 19.0 Å². The second-order valence-electron chi connectivity index (χ2n) is 5.49. The Morgan fingerprint density at radius 1 is 1.38 bits per heavy atom. The Bertz CT molecular complexity index is 473. The monoisotopic (exact) mass is 298 g/mol. The van der Waals surface area contributed by atoms with Crippen LogP contribution in [0.1, 0.15) is 45.7 Å². The highest BCUT2D eigenvalue weighted by molar-refractivity contribution is 5.60. The Hall–Kier alpha value is -1.63. The summed E-state index contributed by atoms with van der Waals surface area (Å²) in [7, 11) is 1.70. The second-order valence-corrected chi connectivity index (χ2v) is 5.49. The van der Waals surface area contributed by atoms with E-state index in [4.69, 9.17) is 0 Å². The van der Waals surface area contributed by atoms with Crippen LogP contribution in [0.5, 0.6) is 0 Å². The fourth-order valence-corrected chi connectivity index (χ4v) is 2.41. The van der Waals surface area contributed by atoms with Gasteiger partial charge in [-0.05, 0) is 19.3 Å². The summed E-state index contributed by atoms with van der Waals surface area (Å²) in [6, 6.07) is 0. The Kier molecular flexibility index (Phi) is 6.14. The summed E-state index contributed by atoms with van der Waals surface area (Å²) >= 11 is 0. The molecule has 0 aliphatic carbocycles. The topological polar surface area (TPSA) is 93.2 Å². The average molecular weight is 298 g/mol. The number of rotatable bonds is 9. The number of hydrogen-bond donors (Lipinski definition) is 2. The smallest absolute Gasteiger partial charge is 0.333 e. The maximum absolute atomic E-state index is 11.3. The van der Waals surface area contributed by atoms with E-state index < -0.39 is 0 Å². The highest BCUT2D eigenvalue weighted by Crippen LogP contribution is 2.32. The molecular formula is C14H26N4O3. The molecule has 0 amide bonds. The molecule has 0 bridgehead atoms. The molecule has 21 heavy (non-hydrogen) atoms.